The molecule has 0 atom stereocenters. The zero-order valence-corrected chi connectivity index (χ0v) is 21.7. The van der Waals surface area contributed by atoms with E-state index in [4.69, 9.17) is 20.5 Å². The summed E-state index contributed by atoms with van der Waals surface area (Å²) < 4.78 is 36.0. The first kappa shape index (κ1) is 26.2. The van der Waals surface area contributed by atoms with E-state index in [1.165, 1.54) is 4.90 Å². The van der Waals surface area contributed by atoms with Gasteiger partial charge in [0, 0.05) is 5.02 Å². The van der Waals surface area contributed by atoms with Crippen LogP contribution in [0, 0.1) is 18.8 Å². The Kier molecular flexibility index (Phi) is 8.67. The summed E-state index contributed by atoms with van der Waals surface area (Å²) in [5.74, 6) is 0.383. The number of carbonyl (C=O) groups is 1. The molecule has 1 aliphatic rings. The van der Waals surface area contributed by atoms with E-state index < -0.39 is 16.2 Å². The third kappa shape index (κ3) is 6.87. The van der Waals surface area contributed by atoms with Crippen LogP contribution in [0.2, 0.25) is 5.02 Å². The minimum Gasteiger partial charge on any atom is -0.449 e. The van der Waals surface area contributed by atoms with Crippen molar-refractivity contribution in [2.75, 3.05) is 18.1 Å². The van der Waals surface area contributed by atoms with Crippen molar-refractivity contribution >= 4 is 39.2 Å². The van der Waals surface area contributed by atoms with Gasteiger partial charge in [0.15, 0.2) is 0 Å². The smallest absolute Gasteiger partial charge is 0.418 e. The quantitative estimate of drug-likeness (QED) is 0.291. The average molecular weight is 528 g/mol. The van der Waals surface area contributed by atoms with E-state index in [-0.39, 0.29) is 23.3 Å². The van der Waals surface area contributed by atoms with Crippen LogP contribution in [0.5, 0.6) is 0 Å². The number of anilines is 2. The van der Waals surface area contributed by atoms with Crippen molar-refractivity contribution in [3.63, 3.8) is 0 Å². The van der Waals surface area contributed by atoms with Crippen molar-refractivity contribution in [3.05, 3.63) is 89.4 Å². The molecule has 0 aromatic heterocycles. The molecule has 6 nitrogen and oxygen atoms in total. The molecular formula is C28H30ClNO5S. The predicted octanol–water partition coefficient (Wildman–Crippen LogP) is 7.14. The number of nitrogens with zero attached hydrogens (tertiary/aromatic N) is 1. The van der Waals surface area contributed by atoms with Crippen LogP contribution >= 0.6 is 11.6 Å². The zero-order chi connectivity index (χ0) is 25.5. The van der Waals surface area contributed by atoms with Gasteiger partial charge in [-0.1, -0.05) is 47.5 Å². The van der Waals surface area contributed by atoms with Crippen molar-refractivity contribution in [1.29, 1.82) is 0 Å². The van der Waals surface area contributed by atoms with E-state index in [2.05, 4.69) is 0 Å². The molecule has 1 fully saturated rings. The van der Waals surface area contributed by atoms with Crippen molar-refractivity contribution in [2.24, 2.45) is 11.8 Å². The first-order valence-corrected chi connectivity index (χ1v) is 13.8. The number of rotatable bonds is 8. The Morgan fingerprint density at radius 1 is 0.833 bits per heavy atom. The molecule has 0 unspecified atom stereocenters. The minimum absolute atomic E-state index is 0.159. The molecule has 36 heavy (non-hydrogen) atoms. The molecule has 0 radical (unpaired) electrons. The minimum atomic E-state index is -3.76. The molecule has 1 amide bonds. The third-order valence-corrected chi connectivity index (χ3v) is 8.01. The maximum absolute atomic E-state index is 13.1. The van der Waals surface area contributed by atoms with Crippen molar-refractivity contribution < 1.29 is 22.1 Å². The van der Waals surface area contributed by atoms with E-state index in [9.17, 15) is 13.2 Å². The largest absolute Gasteiger partial charge is 0.449 e. The fourth-order valence-electron chi connectivity index (χ4n) is 4.30. The summed E-state index contributed by atoms with van der Waals surface area (Å²) in [7, 11) is -3.76. The topological polar surface area (TPSA) is 72.9 Å². The van der Waals surface area contributed by atoms with Crippen molar-refractivity contribution in [2.45, 2.75) is 37.5 Å². The number of halogens is 1. The Morgan fingerprint density at radius 3 is 2.00 bits per heavy atom. The van der Waals surface area contributed by atoms with Crippen LogP contribution in [0.3, 0.4) is 0 Å². The second-order valence-electron chi connectivity index (χ2n) is 9.16. The van der Waals surface area contributed by atoms with Gasteiger partial charge in [-0.25, -0.2) is 9.69 Å². The van der Waals surface area contributed by atoms with Gasteiger partial charge in [0.25, 0.3) is 10.1 Å². The fourth-order valence-corrected chi connectivity index (χ4v) is 5.41. The lowest BCUT2D eigenvalue weighted by atomic mass is 9.83. The number of aryl methyl sites for hydroxylation is 1. The summed E-state index contributed by atoms with van der Waals surface area (Å²) in [5.41, 5.74) is 2.37. The molecule has 0 bridgehead atoms. The van der Waals surface area contributed by atoms with Crippen LogP contribution in [0.25, 0.3) is 0 Å². The van der Waals surface area contributed by atoms with Crippen LogP contribution < -0.4 is 4.90 Å². The van der Waals surface area contributed by atoms with Crippen LogP contribution in [0.15, 0.2) is 83.8 Å². The standard InChI is InChI=1S/C28H30ClNO5S/c1-21-7-17-27(18-8-21)36(32,33)35-20-23-11-9-22(10-12-23)19-34-28(31)30(25-5-3-2-4-6-25)26-15-13-24(29)14-16-26/h2-8,13-18,22-23H,9-12,19-20H2,1H3/t22-,23-. The van der Waals surface area contributed by atoms with E-state index in [1.54, 1.807) is 48.5 Å². The number of amides is 1. The number of benzene rings is 3. The molecule has 0 spiro atoms. The van der Waals surface area contributed by atoms with Gasteiger partial charge < -0.3 is 4.74 Å². The summed E-state index contributed by atoms with van der Waals surface area (Å²) >= 11 is 6.02. The normalized spacial score (nSPS) is 17.9. The van der Waals surface area contributed by atoms with Gasteiger partial charge in [0.2, 0.25) is 0 Å². The van der Waals surface area contributed by atoms with Gasteiger partial charge in [-0.3, -0.25) is 4.18 Å². The fraction of sp³-hybridized carbons (Fsp3) is 0.321. The van der Waals surface area contributed by atoms with Crippen LogP contribution in [-0.4, -0.2) is 27.7 Å². The van der Waals surface area contributed by atoms with Gasteiger partial charge in [0.05, 0.1) is 29.5 Å². The summed E-state index contributed by atoms with van der Waals surface area (Å²) in [4.78, 5) is 14.8. The van der Waals surface area contributed by atoms with Gasteiger partial charge >= 0.3 is 6.09 Å². The maximum Gasteiger partial charge on any atom is 0.418 e. The molecule has 0 saturated heterocycles. The Labute approximate surface area is 217 Å². The summed E-state index contributed by atoms with van der Waals surface area (Å²) in [6, 6.07) is 23.0. The van der Waals surface area contributed by atoms with Crippen LogP contribution in [0.1, 0.15) is 31.2 Å². The van der Waals surface area contributed by atoms with E-state index in [0.29, 0.717) is 23.0 Å². The van der Waals surface area contributed by atoms with Crippen LogP contribution in [-0.2, 0) is 19.0 Å². The molecule has 190 valence electrons. The summed E-state index contributed by atoms with van der Waals surface area (Å²) in [6.45, 7) is 2.38. The highest BCUT2D eigenvalue weighted by atomic mass is 35.5. The summed E-state index contributed by atoms with van der Waals surface area (Å²) in [6.07, 6.45) is 2.89. The Bertz CT molecular complexity index is 1240. The molecule has 1 aliphatic carbocycles. The molecule has 1 saturated carbocycles. The van der Waals surface area contributed by atoms with Gasteiger partial charge in [0.1, 0.15) is 0 Å². The molecule has 4 rings (SSSR count). The van der Waals surface area contributed by atoms with E-state index in [1.807, 2.05) is 37.3 Å². The first-order valence-electron chi connectivity index (χ1n) is 12.1. The first-order chi connectivity index (χ1) is 17.3. The highest BCUT2D eigenvalue weighted by molar-refractivity contribution is 7.86. The Balaban J connectivity index is 1.28. The lowest BCUT2D eigenvalue weighted by molar-refractivity contribution is 0.108. The van der Waals surface area contributed by atoms with Crippen molar-refractivity contribution in [1.82, 2.24) is 0 Å². The SMILES string of the molecule is Cc1ccc(S(=O)(=O)OC[C@H]2CC[C@H](COC(=O)N(c3ccccc3)c3ccc(Cl)cc3)CC2)cc1. The third-order valence-electron chi connectivity index (χ3n) is 6.46. The molecule has 0 aliphatic heterocycles. The molecule has 3 aromatic carbocycles. The van der Waals surface area contributed by atoms with E-state index >= 15 is 0 Å². The van der Waals surface area contributed by atoms with Gasteiger partial charge in [-0.05, 0) is 93.0 Å². The average Bonchev–Trinajstić information content (AvgIpc) is 2.89. The molecule has 0 N–H and O–H groups in total. The molecule has 0 heterocycles. The predicted molar refractivity (Wildman–Crippen MR) is 141 cm³/mol. The monoisotopic (exact) mass is 527 g/mol. The molecular weight excluding hydrogens is 498 g/mol. The van der Waals surface area contributed by atoms with Crippen LogP contribution in [0.4, 0.5) is 16.2 Å². The lowest BCUT2D eigenvalue weighted by Crippen LogP contribution is -2.30. The highest BCUT2D eigenvalue weighted by Crippen LogP contribution is 2.31. The Morgan fingerprint density at radius 2 is 1.39 bits per heavy atom. The highest BCUT2D eigenvalue weighted by Gasteiger charge is 2.26. The van der Waals surface area contributed by atoms with E-state index in [0.717, 1.165) is 31.2 Å². The maximum atomic E-state index is 13.1. The number of hydrogen-bond donors (Lipinski definition) is 0. The number of para-hydroxylation sites is 1. The zero-order valence-electron chi connectivity index (χ0n) is 20.2. The second kappa shape index (κ2) is 11.9. The molecule has 3 aromatic rings. The lowest BCUT2D eigenvalue weighted by Gasteiger charge is -2.29. The number of hydrogen-bond acceptors (Lipinski definition) is 5. The second-order valence-corrected chi connectivity index (χ2v) is 11.2. The number of carbonyl (C=O) groups excluding carboxylic acids is 1. The molecule has 8 heteroatoms. The summed E-state index contributed by atoms with van der Waals surface area (Å²) in [5, 5.41) is 0.590. The van der Waals surface area contributed by atoms with Gasteiger partial charge in [-0.15, -0.1) is 0 Å². The Hall–Kier alpha value is -2.87. The van der Waals surface area contributed by atoms with Gasteiger partial charge in [-0.2, -0.15) is 8.42 Å². The van der Waals surface area contributed by atoms with Crippen molar-refractivity contribution in [3.8, 4) is 0 Å². The number of ether oxygens (including phenoxy) is 1.